The average molecular weight is 306 g/mol. The number of carbonyl (C=O) groups excluding carboxylic acids is 1. The van der Waals surface area contributed by atoms with Crippen molar-refractivity contribution < 1.29 is 22.7 Å². The van der Waals surface area contributed by atoms with Gasteiger partial charge in [-0.1, -0.05) is 24.4 Å². The topological polar surface area (TPSA) is 64.4 Å². The van der Waals surface area contributed by atoms with Crippen LogP contribution in [0.1, 0.15) is 15.9 Å². The number of hydrogen-bond donors (Lipinski definition) is 2. The van der Waals surface area contributed by atoms with Crippen LogP contribution in [-0.2, 0) is 4.74 Å². The second-order valence-corrected chi connectivity index (χ2v) is 4.31. The third kappa shape index (κ3) is 5.98. The summed E-state index contributed by atoms with van der Waals surface area (Å²) in [5.74, 6) is -0.432. The van der Waals surface area contributed by atoms with E-state index in [1.807, 2.05) is 0 Å². The van der Waals surface area contributed by atoms with E-state index in [-0.39, 0.29) is 18.1 Å². The minimum Gasteiger partial charge on any atom is -0.389 e. The van der Waals surface area contributed by atoms with Gasteiger partial charge in [-0.05, 0) is 12.1 Å². The number of halogens is 3. The molecule has 0 aliphatic carbocycles. The summed E-state index contributed by atoms with van der Waals surface area (Å²) in [5, 5.41) is 2.44. The molecule has 0 bridgehead atoms. The number of nitrogens with two attached hydrogens (primary N) is 1. The maximum atomic E-state index is 11.8. The Hall–Kier alpha value is -1.67. The normalized spacial score (nSPS) is 11.2. The Balaban J connectivity index is 2.40. The van der Waals surface area contributed by atoms with E-state index in [2.05, 4.69) is 10.1 Å². The maximum absolute atomic E-state index is 11.8. The molecule has 0 aliphatic rings. The molecule has 110 valence electrons. The summed E-state index contributed by atoms with van der Waals surface area (Å²) < 4.78 is 39.7. The van der Waals surface area contributed by atoms with Crippen molar-refractivity contribution in [3.63, 3.8) is 0 Å². The van der Waals surface area contributed by atoms with Gasteiger partial charge >= 0.3 is 6.18 Å². The first-order valence-corrected chi connectivity index (χ1v) is 6.03. The van der Waals surface area contributed by atoms with Crippen molar-refractivity contribution >= 4 is 23.1 Å². The second-order valence-electron chi connectivity index (χ2n) is 3.87. The van der Waals surface area contributed by atoms with E-state index in [0.29, 0.717) is 11.1 Å². The first-order valence-electron chi connectivity index (χ1n) is 5.62. The largest absolute Gasteiger partial charge is 0.411 e. The second kappa shape index (κ2) is 7.20. The highest BCUT2D eigenvalue weighted by atomic mass is 32.1. The third-order valence-electron chi connectivity index (χ3n) is 2.21. The fourth-order valence-electron chi connectivity index (χ4n) is 1.34. The SMILES string of the molecule is NC(=S)c1cccc(C(=O)NCCOCC(F)(F)F)c1. The first-order chi connectivity index (χ1) is 9.29. The highest BCUT2D eigenvalue weighted by Gasteiger charge is 2.27. The molecule has 1 aromatic carbocycles. The van der Waals surface area contributed by atoms with Gasteiger partial charge in [0.05, 0.1) is 6.61 Å². The number of hydrogen-bond acceptors (Lipinski definition) is 3. The molecule has 0 heterocycles. The number of benzene rings is 1. The first kappa shape index (κ1) is 16.4. The van der Waals surface area contributed by atoms with Gasteiger partial charge < -0.3 is 15.8 Å². The maximum Gasteiger partial charge on any atom is 0.411 e. The molecule has 0 fully saturated rings. The summed E-state index contributed by atoms with van der Waals surface area (Å²) in [6.07, 6.45) is -4.37. The molecule has 0 aliphatic heterocycles. The molecule has 1 rings (SSSR count). The molecule has 0 aromatic heterocycles. The number of alkyl halides is 3. The quantitative estimate of drug-likeness (QED) is 0.619. The van der Waals surface area contributed by atoms with E-state index >= 15 is 0 Å². The summed E-state index contributed by atoms with van der Waals surface area (Å²) >= 11 is 4.78. The van der Waals surface area contributed by atoms with E-state index in [0.717, 1.165) is 0 Å². The van der Waals surface area contributed by atoms with Gasteiger partial charge in [0.25, 0.3) is 5.91 Å². The van der Waals surface area contributed by atoms with Crippen LogP contribution in [-0.4, -0.2) is 36.8 Å². The standard InChI is InChI=1S/C12H13F3N2O2S/c13-12(14,15)7-19-5-4-17-11(18)9-3-1-2-8(6-9)10(16)20/h1-3,6H,4-5,7H2,(H2,16,20)(H,17,18). The minimum atomic E-state index is -4.37. The molecule has 1 aromatic rings. The van der Waals surface area contributed by atoms with E-state index in [1.165, 1.54) is 6.07 Å². The fraction of sp³-hybridized carbons (Fsp3) is 0.333. The number of rotatable bonds is 6. The summed E-state index contributed by atoms with van der Waals surface area (Å²) in [6, 6.07) is 6.33. The zero-order valence-corrected chi connectivity index (χ0v) is 11.2. The lowest BCUT2D eigenvalue weighted by Crippen LogP contribution is -2.29. The van der Waals surface area contributed by atoms with Crippen LogP contribution in [0.15, 0.2) is 24.3 Å². The monoisotopic (exact) mass is 306 g/mol. The van der Waals surface area contributed by atoms with Crippen molar-refractivity contribution in [2.24, 2.45) is 5.73 Å². The summed E-state index contributed by atoms with van der Waals surface area (Å²) in [4.78, 5) is 11.9. The van der Waals surface area contributed by atoms with Crippen LogP contribution < -0.4 is 11.1 Å². The van der Waals surface area contributed by atoms with Crippen LogP contribution in [0.4, 0.5) is 13.2 Å². The van der Waals surface area contributed by atoms with Crippen molar-refractivity contribution in [3.8, 4) is 0 Å². The number of nitrogens with one attached hydrogen (secondary N) is 1. The zero-order valence-electron chi connectivity index (χ0n) is 10.4. The molecule has 1 amide bonds. The molecular weight excluding hydrogens is 293 g/mol. The molecule has 0 spiro atoms. The smallest absolute Gasteiger partial charge is 0.389 e. The van der Waals surface area contributed by atoms with Gasteiger partial charge in [0.2, 0.25) is 0 Å². The van der Waals surface area contributed by atoms with Crippen LogP contribution in [0.3, 0.4) is 0 Å². The Kier molecular flexibility index (Phi) is 5.90. The van der Waals surface area contributed by atoms with Gasteiger partial charge in [0.1, 0.15) is 11.6 Å². The van der Waals surface area contributed by atoms with Gasteiger partial charge in [-0.3, -0.25) is 4.79 Å². The van der Waals surface area contributed by atoms with Gasteiger partial charge in [0.15, 0.2) is 0 Å². The summed E-state index contributed by atoms with van der Waals surface area (Å²) in [6.45, 7) is -1.58. The summed E-state index contributed by atoms with van der Waals surface area (Å²) in [5.41, 5.74) is 6.30. The van der Waals surface area contributed by atoms with E-state index < -0.39 is 18.7 Å². The molecule has 4 nitrogen and oxygen atoms in total. The van der Waals surface area contributed by atoms with Crippen molar-refractivity contribution in [3.05, 3.63) is 35.4 Å². The Bertz CT molecular complexity index is 492. The molecule has 20 heavy (non-hydrogen) atoms. The summed E-state index contributed by atoms with van der Waals surface area (Å²) in [7, 11) is 0. The van der Waals surface area contributed by atoms with Crippen LogP contribution in [0.2, 0.25) is 0 Å². The lowest BCUT2D eigenvalue weighted by Gasteiger charge is -2.09. The molecule has 3 N–H and O–H groups in total. The molecule has 0 saturated heterocycles. The Morgan fingerprint density at radius 3 is 2.60 bits per heavy atom. The van der Waals surface area contributed by atoms with E-state index in [1.54, 1.807) is 18.2 Å². The van der Waals surface area contributed by atoms with Crippen LogP contribution >= 0.6 is 12.2 Å². The molecule has 0 atom stereocenters. The lowest BCUT2D eigenvalue weighted by atomic mass is 10.1. The number of carbonyl (C=O) groups is 1. The van der Waals surface area contributed by atoms with Gasteiger partial charge in [-0.15, -0.1) is 0 Å². The highest BCUT2D eigenvalue weighted by Crippen LogP contribution is 2.14. The average Bonchev–Trinajstić information content (AvgIpc) is 2.37. The predicted octanol–water partition coefficient (Wildman–Crippen LogP) is 1.63. The minimum absolute atomic E-state index is 0.0216. The van der Waals surface area contributed by atoms with Gasteiger partial charge in [-0.25, -0.2) is 0 Å². The van der Waals surface area contributed by atoms with Crippen molar-refractivity contribution in [1.82, 2.24) is 5.32 Å². The van der Waals surface area contributed by atoms with Gasteiger partial charge in [0, 0.05) is 17.7 Å². The van der Waals surface area contributed by atoms with E-state index in [9.17, 15) is 18.0 Å². The fourth-order valence-corrected chi connectivity index (χ4v) is 1.47. The van der Waals surface area contributed by atoms with Crippen LogP contribution in [0.25, 0.3) is 0 Å². The number of amides is 1. The predicted molar refractivity (Wildman–Crippen MR) is 71.5 cm³/mol. The van der Waals surface area contributed by atoms with Gasteiger partial charge in [-0.2, -0.15) is 13.2 Å². The molecule has 0 unspecified atom stereocenters. The van der Waals surface area contributed by atoms with Crippen molar-refractivity contribution in [2.75, 3.05) is 19.8 Å². The van der Waals surface area contributed by atoms with Crippen LogP contribution in [0, 0.1) is 0 Å². The highest BCUT2D eigenvalue weighted by molar-refractivity contribution is 7.80. The zero-order chi connectivity index (χ0) is 15.2. The molecule has 0 saturated carbocycles. The molecular formula is C12H13F3N2O2S. The molecule has 8 heteroatoms. The van der Waals surface area contributed by atoms with Crippen molar-refractivity contribution in [1.29, 1.82) is 0 Å². The third-order valence-corrected chi connectivity index (χ3v) is 2.44. The van der Waals surface area contributed by atoms with Crippen molar-refractivity contribution in [2.45, 2.75) is 6.18 Å². The number of ether oxygens (including phenoxy) is 1. The number of thiocarbonyl (C=S) groups is 1. The molecule has 0 radical (unpaired) electrons. The Morgan fingerprint density at radius 1 is 1.35 bits per heavy atom. The lowest BCUT2D eigenvalue weighted by molar-refractivity contribution is -0.173. The van der Waals surface area contributed by atoms with E-state index in [4.69, 9.17) is 18.0 Å². The van der Waals surface area contributed by atoms with Crippen LogP contribution in [0.5, 0.6) is 0 Å². The Morgan fingerprint density at radius 2 is 2.00 bits per heavy atom. The Labute approximate surface area is 119 Å².